The maximum Gasteiger partial charge on any atom is 0.0822 e. The van der Waals surface area contributed by atoms with Gasteiger partial charge >= 0.3 is 0 Å². The fourth-order valence-corrected chi connectivity index (χ4v) is 1.39. The molecule has 0 radical (unpaired) electrons. The van der Waals surface area contributed by atoms with E-state index in [1.54, 1.807) is 0 Å². The van der Waals surface area contributed by atoms with Crippen LogP contribution in [0, 0.1) is 0 Å². The van der Waals surface area contributed by atoms with Crippen molar-refractivity contribution in [2.24, 2.45) is 0 Å². The number of alkyl halides is 3. The molecule has 0 saturated heterocycles. The Morgan fingerprint density at radius 1 is 1.25 bits per heavy atom. The average Bonchev–Trinajstić information content (AvgIpc) is 1.67. The Hall–Kier alpha value is 1.44. The molecule has 3 heteroatoms. The summed E-state index contributed by atoms with van der Waals surface area (Å²) in [6, 6.07) is 0. The molecule has 0 saturated carbocycles. The predicted octanol–water partition coefficient (Wildman–Crippen LogP) is 3.67. The van der Waals surface area contributed by atoms with Crippen LogP contribution in [0.5, 0.6) is 0 Å². The molecule has 0 aromatic heterocycles. The van der Waals surface area contributed by atoms with Crippen molar-refractivity contribution in [3.05, 3.63) is 0 Å². The summed E-state index contributed by atoms with van der Waals surface area (Å²) < 4.78 is 0.412. The highest BCUT2D eigenvalue weighted by Crippen LogP contribution is 2.23. The van der Waals surface area contributed by atoms with Gasteiger partial charge in [-0.1, -0.05) is 61.1 Å². The fraction of sp³-hybridized carbons (Fsp3) is 1.00. The molecule has 1 atom stereocenters. The minimum Gasteiger partial charge on any atom is -0.0869 e. The number of rotatable bonds is 3. The van der Waals surface area contributed by atoms with Crippen LogP contribution < -0.4 is 0 Å². The van der Waals surface area contributed by atoms with E-state index >= 15 is 0 Å². The third-order valence-electron chi connectivity index (χ3n) is 0.838. The second kappa shape index (κ2) is 5.24. The molecule has 0 aliphatic heterocycles. The number of hydrogen-bond donors (Lipinski definition) is 0. The summed E-state index contributed by atoms with van der Waals surface area (Å²) in [5, 5.41) is 0. The number of halogens is 3. The Morgan fingerprint density at radius 3 is 1.88 bits per heavy atom. The first-order valence-corrected chi connectivity index (χ1v) is 5.35. The Labute approximate surface area is 75.8 Å². The van der Waals surface area contributed by atoms with Crippen molar-refractivity contribution in [1.82, 2.24) is 0 Å². The lowest BCUT2D eigenvalue weighted by Gasteiger charge is -2.07. The van der Waals surface area contributed by atoms with Crippen LogP contribution in [-0.2, 0) is 0 Å². The summed E-state index contributed by atoms with van der Waals surface area (Å²) in [6.45, 7) is 2.18. The lowest BCUT2D eigenvalue weighted by molar-refractivity contribution is 0.795. The normalized spacial score (nSPS) is 14.6. The molecule has 0 aliphatic carbocycles. The Balaban J connectivity index is 3.17. The minimum absolute atomic E-state index is 0.412. The zero-order chi connectivity index (χ0) is 6.57. The van der Waals surface area contributed by atoms with E-state index in [1.807, 2.05) is 0 Å². The molecule has 0 spiro atoms. The number of hydrogen-bond acceptors (Lipinski definition) is 0. The highest BCUT2D eigenvalue weighted by molar-refractivity contribution is 9.25. The molecule has 0 heterocycles. The summed E-state index contributed by atoms with van der Waals surface area (Å²) in [5.41, 5.74) is 0. The molecule has 0 rings (SSSR count). The predicted molar refractivity (Wildman–Crippen MR) is 49.3 cm³/mol. The van der Waals surface area contributed by atoms with E-state index in [1.165, 1.54) is 12.8 Å². The highest BCUT2D eigenvalue weighted by atomic mass is 79.9. The zero-order valence-corrected chi connectivity index (χ0v) is 9.46. The first kappa shape index (κ1) is 9.44. The first-order valence-electron chi connectivity index (χ1n) is 2.60. The van der Waals surface area contributed by atoms with Gasteiger partial charge in [0.25, 0.3) is 0 Å². The molecule has 0 bridgehead atoms. The highest BCUT2D eigenvalue weighted by Gasteiger charge is 2.09. The van der Waals surface area contributed by atoms with Crippen molar-refractivity contribution in [3.8, 4) is 0 Å². The van der Waals surface area contributed by atoms with Crippen LogP contribution in [0.4, 0.5) is 0 Å². The molecule has 0 fully saturated rings. The Kier molecular flexibility index (Phi) is 6.19. The third kappa shape index (κ3) is 4.33. The van der Waals surface area contributed by atoms with Gasteiger partial charge in [0.2, 0.25) is 0 Å². The van der Waals surface area contributed by atoms with Crippen molar-refractivity contribution in [2.45, 2.75) is 28.3 Å². The van der Waals surface area contributed by atoms with E-state index in [2.05, 4.69) is 54.7 Å². The molecular formula is C5H9Br3. The van der Waals surface area contributed by atoms with Gasteiger partial charge < -0.3 is 0 Å². The van der Waals surface area contributed by atoms with E-state index in [4.69, 9.17) is 0 Å². The van der Waals surface area contributed by atoms with Gasteiger partial charge in [0.15, 0.2) is 0 Å². The Bertz CT molecular complexity index is 53.6. The van der Waals surface area contributed by atoms with Crippen LogP contribution in [0.2, 0.25) is 0 Å². The van der Waals surface area contributed by atoms with Gasteiger partial charge in [-0.2, -0.15) is 0 Å². The van der Waals surface area contributed by atoms with Gasteiger partial charge in [0, 0.05) is 4.83 Å². The van der Waals surface area contributed by atoms with Crippen LogP contribution in [-0.4, -0.2) is 8.56 Å². The van der Waals surface area contributed by atoms with E-state index in [-0.39, 0.29) is 0 Å². The largest absolute Gasteiger partial charge is 0.0869 e. The average molecular weight is 309 g/mol. The van der Waals surface area contributed by atoms with Gasteiger partial charge in [0.1, 0.15) is 0 Å². The second-order valence-electron chi connectivity index (χ2n) is 1.64. The lowest BCUT2D eigenvalue weighted by Crippen LogP contribution is -2.04. The van der Waals surface area contributed by atoms with Crippen LogP contribution >= 0.6 is 47.8 Å². The summed E-state index contributed by atoms with van der Waals surface area (Å²) in [5.74, 6) is 0. The third-order valence-corrected chi connectivity index (χ3v) is 4.52. The molecule has 50 valence electrons. The molecule has 0 amide bonds. The van der Waals surface area contributed by atoms with Crippen molar-refractivity contribution in [2.75, 3.05) is 0 Å². The van der Waals surface area contributed by atoms with Crippen LogP contribution in [0.15, 0.2) is 0 Å². The monoisotopic (exact) mass is 306 g/mol. The Morgan fingerprint density at radius 2 is 1.75 bits per heavy atom. The van der Waals surface area contributed by atoms with Crippen molar-refractivity contribution in [3.63, 3.8) is 0 Å². The molecule has 0 aromatic rings. The molecule has 8 heavy (non-hydrogen) atoms. The maximum absolute atomic E-state index is 3.51. The van der Waals surface area contributed by atoms with E-state index in [0.717, 1.165) is 0 Å². The summed E-state index contributed by atoms with van der Waals surface area (Å²) >= 11 is 10.3. The first-order chi connectivity index (χ1) is 3.68. The topological polar surface area (TPSA) is 0 Å². The molecule has 0 aliphatic rings. The SMILES string of the molecule is CCCC(Br)C(Br)Br. The van der Waals surface area contributed by atoms with Crippen LogP contribution in [0.3, 0.4) is 0 Å². The quantitative estimate of drug-likeness (QED) is 0.698. The molecule has 0 N–H and O–H groups in total. The zero-order valence-electron chi connectivity index (χ0n) is 4.70. The van der Waals surface area contributed by atoms with Gasteiger partial charge in [-0.25, -0.2) is 0 Å². The van der Waals surface area contributed by atoms with Crippen molar-refractivity contribution in [1.29, 1.82) is 0 Å². The lowest BCUT2D eigenvalue weighted by atomic mass is 10.3. The van der Waals surface area contributed by atoms with Gasteiger partial charge in [0.05, 0.1) is 3.74 Å². The fourth-order valence-electron chi connectivity index (χ4n) is 0.402. The van der Waals surface area contributed by atoms with Crippen LogP contribution in [0.25, 0.3) is 0 Å². The van der Waals surface area contributed by atoms with Gasteiger partial charge in [-0.3, -0.25) is 0 Å². The molecule has 0 nitrogen and oxygen atoms in total. The van der Waals surface area contributed by atoms with E-state index in [0.29, 0.717) is 8.56 Å². The van der Waals surface area contributed by atoms with Gasteiger partial charge in [-0.15, -0.1) is 0 Å². The smallest absolute Gasteiger partial charge is 0.0822 e. The van der Waals surface area contributed by atoms with E-state index < -0.39 is 0 Å². The standard InChI is InChI=1S/C5H9Br3/c1-2-3-4(6)5(7)8/h4-5H,2-3H2,1H3. The maximum atomic E-state index is 3.51. The van der Waals surface area contributed by atoms with Crippen molar-refractivity contribution < 1.29 is 0 Å². The van der Waals surface area contributed by atoms with Gasteiger partial charge in [-0.05, 0) is 6.42 Å². The van der Waals surface area contributed by atoms with Crippen LogP contribution in [0.1, 0.15) is 19.8 Å². The summed E-state index contributed by atoms with van der Waals surface area (Å²) in [7, 11) is 0. The summed E-state index contributed by atoms with van der Waals surface area (Å²) in [4.78, 5) is 0.562. The minimum atomic E-state index is 0.412. The molecule has 0 aromatic carbocycles. The second-order valence-corrected chi connectivity index (χ2v) is 6.02. The van der Waals surface area contributed by atoms with E-state index in [9.17, 15) is 0 Å². The van der Waals surface area contributed by atoms with Crippen molar-refractivity contribution >= 4 is 47.8 Å². The molecular weight excluding hydrogens is 300 g/mol. The molecule has 1 unspecified atom stereocenters. The summed E-state index contributed by atoms with van der Waals surface area (Å²) in [6.07, 6.45) is 2.44.